The minimum Gasteiger partial charge on any atom is -0.481 e. The molecule has 1 aliphatic heterocycles. The number of aliphatic carboxylic acids is 1. The molecular weight excluding hydrogens is 506 g/mol. The normalized spacial score (nSPS) is 26.2. The molecule has 0 amide bonds. The van der Waals surface area contributed by atoms with Gasteiger partial charge in [0.15, 0.2) is 5.82 Å². The van der Waals surface area contributed by atoms with E-state index in [1.54, 1.807) is 4.68 Å². The van der Waals surface area contributed by atoms with Crippen LogP contribution in [0.25, 0.3) is 22.3 Å². The zero-order valence-corrected chi connectivity index (χ0v) is 21.6. The first kappa shape index (κ1) is 23.9. The van der Waals surface area contributed by atoms with Gasteiger partial charge in [0.1, 0.15) is 6.17 Å². The number of hydrogen-bond acceptors (Lipinski definition) is 5. The summed E-state index contributed by atoms with van der Waals surface area (Å²) in [6, 6.07) is 10.5. The Morgan fingerprint density at radius 2 is 1.86 bits per heavy atom. The lowest BCUT2D eigenvalue weighted by Crippen LogP contribution is -2.49. The van der Waals surface area contributed by atoms with Gasteiger partial charge in [-0.25, -0.2) is 9.67 Å². The van der Waals surface area contributed by atoms with Crippen molar-refractivity contribution in [1.82, 2.24) is 14.8 Å². The molecule has 0 radical (unpaired) electrons. The molecule has 2 aromatic heterocycles. The molecule has 0 saturated heterocycles. The van der Waals surface area contributed by atoms with E-state index >= 15 is 0 Å². The summed E-state index contributed by atoms with van der Waals surface area (Å²) < 4.78 is 1.25. The minimum absolute atomic E-state index is 0.192. The van der Waals surface area contributed by atoms with Crippen LogP contribution in [0.2, 0.25) is 0 Å². The van der Waals surface area contributed by atoms with Crippen molar-refractivity contribution in [3.63, 3.8) is 0 Å². The monoisotopic (exact) mass is 535 g/mol. The van der Waals surface area contributed by atoms with Gasteiger partial charge in [-0.05, 0) is 79.3 Å². The van der Waals surface area contributed by atoms with Crippen molar-refractivity contribution in [2.45, 2.75) is 56.4 Å². The number of pyridine rings is 1. The van der Waals surface area contributed by atoms with E-state index in [0.717, 1.165) is 47.5 Å². The number of alkyl halides is 1. The quantitative estimate of drug-likeness (QED) is 0.403. The average molecular weight is 536 g/mol. The van der Waals surface area contributed by atoms with Crippen LogP contribution in [0.1, 0.15) is 51.3 Å². The maximum absolute atomic E-state index is 11.4. The van der Waals surface area contributed by atoms with Crippen molar-refractivity contribution in [1.29, 1.82) is 0 Å². The topological polar surface area (TPSA) is 106 Å². The smallest absolute Gasteiger partial charge is 0.306 e. The second-order valence-corrected chi connectivity index (χ2v) is 11.3. The molecule has 1 fully saturated rings. The Hall–Kier alpha value is -2.84. The molecule has 7 nitrogen and oxygen atoms in total. The number of fused-ring (bicyclic) bond motifs is 1. The molecule has 1 saturated carbocycles. The SMILES string of the molecule is CCc1cc(-c2cnn3c2N=C(C2CCC(C(=O)O)CC2)C(C)(Br)C3N)ccc1-c1ccncc1. The summed E-state index contributed by atoms with van der Waals surface area (Å²) >= 11 is 3.86. The third-order valence-corrected chi connectivity index (χ3v) is 8.44. The highest BCUT2D eigenvalue weighted by Crippen LogP contribution is 2.46. The van der Waals surface area contributed by atoms with Gasteiger partial charge in [0.05, 0.1) is 16.4 Å². The number of nitrogens with zero attached hydrogens (tertiary/aromatic N) is 4. The highest BCUT2D eigenvalue weighted by molar-refractivity contribution is 9.10. The summed E-state index contributed by atoms with van der Waals surface area (Å²) in [6.45, 7) is 4.20. The zero-order chi connectivity index (χ0) is 24.7. The standard InChI is InChI=1S/C27H30BrN5O2/c1-3-16-14-20(8-9-21(16)17-10-12-30-13-11-17)22-15-31-33-24(22)32-23(27(2,28)26(33)29)18-4-6-19(7-5-18)25(34)35/h8-15,18-19,26H,3-7,29H2,1-2H3,(H,34,35). The predicted octanol–water partition coefficient (Wildman–Crippen LogP) is 5.76. The number of hydrogen-bond donors (Lipinski definition) is 2. The predicted molar refractivity (Wildman–Crippen MR) is 141 cm³/mol. The number of aliphatic imine (C=N–C) groups is 1. The molecule has 3 heterocycles. The van der Waals surface area contributed by atoms with Crippen LogP contribution in [-0.4, -0.2) is 35.9 Å². The zero-order valence-electron chi connectivity index (χ0n) is 20.0. The molecule has 8 heteroatoms. The Kier molecular flexibility index (Phi) is 6.36. The van der Waals surface area contributed by atoms with Gasteiger partial charge in [0.25, 0.3) is 0 Å². The summed E-state index contributed by atoms with van der Waals surface area (Å²) in [6.07, 6.45) is 8.90. The molecule has 35 heavy (non-hydrogen) atoms. The fraction of sp³-hybridized carbons (Fsp3) is 0.407. The number of benzene rings is 1. The van der Waals surface area contributed by atoms with Crippen LogP contribution in [0.5, 0.6) is 0 Å². The molecule has 0 bridgehead atoms. The summed E-state index contributed by atoms with van der Waals surface area (Å²) in [5, 5.41) is 14.0. The molecule has 0 spiro atoms. The fourth-order valence-electron chi connectivity index (χ4n) is 5.45. The number of halogens is 1. The van der Waals surface area contributed by atoms with E-state index in [0.29, 0.717) is 12.8 Å². The maximum Gasteiger partial charge on any atom is 0.306 e. The second kappa shape index (κ2) is 9.32. The summed E-state index contributed by atoms with van der Waals surface area (Å²) in [5.74, 6) is -0.00547. The van der Waals surface area contributed by atoms with Crippen molar-refractivity contribution in [3.8, 4) is 22.3 Å². The number of carbonyl (C=O) groups is 1. The molecule has 2 aliphatic rings. The molecule has 1 aromatic carbocycles. The van der Waals surface area contributed by atoms with Gasteiger partial charge in [0.2, 0.25) is 0 Å². The Labute approximate surface area is 213 Å². The van der Waals surface area contributed by atoms with E-state index in [1.807, 2.05) is 37.6 Å². The molecule has 182 valence electrons. The van der Waals surface area contributed by atoms with Crippen LogP contribution < -0.4 is 5.73 Å². The van der Waals surface area contributed by atoms with Gasteiger partial charge in [-0.3, -0.25) is 9.78 Å². The number of nitrogens with two attached hydrogens (primary N) is 1. The molecule has 3 aromatic rings. The van der Waals surface area contributed by atoms with E-state index in [4.69, 9.17) is 10.7 Å². The van der Waals surface area contributed by atoms with Crippen molar-refractivity contribution in [3.05, 3.63) is 54.5 Å². The minimum atomic E-state index is -0.699. The van der Waals surface area contributed by atoms with Crippen LogP contribution in [0.4, 0.5) is 5.82 Å². The van der Waals surface area contributed by atoms with E-state index in [2.05, 4.69) is 51.1 Å². The van der Waals surface area contributed by atoms with Crippen molar-refractivity contribution in [2.75, 3.05) is 0 Å². The lowest BCUT2D eigenvalue weighted by Gasteiger charge is -2.40. The van der Waals surface area contributed by atoms with Gasteiger partial charge >= 0.3 is 5.97 Å². The molecule has 2 atom stereocenters. The van der Waals surface area contributed by atoms with Crippen molar-refractivity contribution in [2.24, 2.45) is 22.6 Å². The Morgan fingerprint density at radius 3 is 2.51 bits per heavy atom. The lowest BCUT2D eigenvalue weighted by molar-refractivity contribution is -0.142. The van der Waals surface area contributed by atoms with Crippen molar-refractivity contribution >= 4 is 33.4 Å². The van der Waals surface area contributed by atoms with Crippen LogP contribution in [0.15, 0.2) is 53.9 Å². The third-order valence-electron chi connectivity index (χ3n) is 7.57. The molecule has 2 unspecified atom stereocenters. The van der Waals surface area contributed by atoms with Gasteiger partial charge < -0.3 is 10.8 Å². The summed E-state index contributed by atoms with van der Waals surface area (Å²) in [4.78, 5) is 20.7. The van der Waals surface area contributed by atoms with Gasteiger partial charge in [-0.2, -0.15) is 5.10 Å². The fourth-order valence-corrected chi connectivity index (χ4v) is 6.06. The molecular formula is C27H30BrN5O2. The Morgan fingerprint density at radius 1 is 1.14 bits per heavy atom. The maximum atomic E-state index is 11.4. The first-order valence-electron chi connectivity index (χ1n) is 12.2. The van der Waals surface area contributed by atoms with E-state index < -0.39 is 16.5 Å². The average Bonchev–Trinajstić information content (AvgIpc) is 3.30. The van der Waals surface area contributed by atoms with Gasteiger partial charge in [-0.15, -0.1) is 0 Å². The highest BCUT2D eigenvalue weighted by atomic mass is 79.9. The third kappa shape index (κ3) is 4.23. The van der Waals surface area contributed by atoms with Gasteiger partial charge in [-0.1, -0.05) is 41.1 Å². The number of rotatable bonds is 5. The number of carboxylic acid groups (broad SMARTS) is 1. The summed E-state index contributed by atoms with van der Waals surface area (Å²) in [5.41, 5.74) is 13.3. The van der Waals surface area contributed by atoms with Crippen LogP contribution >= 0.6 is 15.9 Å². The number of aromatic nitrogens is 3. The largest absolute Gasteiger partial charge is 0.481 e. The first-order chi connectivity index (χ1) is 16.8. The second-order valence-electron chi connectivity index (χ2n) is 9.69. The van der Waals surface area contributed by atoms with Crippen LogP contribution in [-0.2, 0) is 11.2 Å². The number of carboxylic acids is 1. The lowest BCUT2D eigenvalue weighted by atomic mass is 9.76. The molecule has 5 rings (SSSR count). The van der Waals surface area contributed by atoms with E-state index in [9.17, 15) is 9.90 Å². The Balaban J connectivity index is 1.54. The first-order valence-corrected chi connectivity index (χ1v) is 13.0. The number of aryl methyl sites for hydroxylation is 1. The van der Waals surface area contributed by atoms with Crippen molar-refractivity contribution < 1.29 is 9.90 Å². The van der Waals surface area contributed by atoms with Crippen LogP contribution in [0, 0.1) is 11.8 Å². The molecule has 3 N–H and O–H groups in total. The van der Waals surface area contributed by atoms with Crippen LogP contribution in [0.3, 0.4) is 0 Å². The summed E-state index contributed by atoms with van der Waals surface area (Å²) in [7, 11) is 0. The van der Waals surface area contributed by atoms with E-state index in [1.165, 1.54) is 11.1 Å². The van der Waals surface area contributed by atoms with E-state index in [-0.39, 0.29) is 11.8 Å². The molecule has 1 aliphatic carbocycles. The highest BCUT2D eigenvalue weighted by Gasteiger charge is 2.45. The van der Waals surface area contributed by atoms with Gasteiger partial charge in [0, 0.05) is 23.7 Å². The Bertz CT molecular complexity index is 1280.